The number of aliphatic hydroxyl groups excluding tert-OH is 1. The molecule has 2 N–H and O–H groups in total. The maximum Gasteiger partial charge on any atom is 0.159 e. The summed E-state index contributed by atoms with van der Waals surface area (Å²) in [6, 6.07) is 2.49. The highest BCUT2D eigenvalue weighted by atomic mass is 35.5. The van der Waals surface area contributed by atoms with Gasteiger partial charge in [0.15, 0.2) is 5.65 Å². The van der Waals surface area contributed by atoms with Crippen LogP contribution in [0.15, 0.2) is 12.3 Å². The third-order valence-electron chi connectivity index (χ3n) is 3.84. The summed E-state index contributed by atoms with van der Waals surface area (Å²) in [5.74, 6) is 0.198. The van der Waals surface area contributed by atoms with Crippen molar-refractivity contribution in [3.63, 3.8) is 0 Å². The Bertz CT molecular complexity index is 611. The molecule has 0 radical (unpaired) electrons. The lowest BCUT2D eigenvalue weighted by Gasteiger charge is -2.19. The van der Waals surface area contributed by atoms with E-state index in [0.717, 1.165) is 16.6 Å². The van der Waals surface area contributed by atoms with Crippen LogP contribution in [0.4, 0.5) is 0 Å². The van der Waals surface area contributed by atoms with Crippen LogP contribution in [0.1, 0.15) is 39.3 Å². The van der Waals surface area contributed by atoms with Gasteiger partial charge in [-0.1, -0.05) is 18.5 Å². The highest BCUT2D eigenvalue weighted by molar-refractivity contribution is 6.30. The molecule has 0 saturated heterocycles. The zero-order valence-electron chi connectivity index (χ0n) is 13.0. The lowest BCUT2D eigenvalue weighted by Crippen LogP contribution is -2.33. The number of fused-ring (bicyclic) bond motifs is 1. The molecule has 5 nitrogen and oxygen atoms in total. The topological polar surface area (TPSA) is 63.0 Å². The number of aliphatic hydroxyl groups is 1. The molecule has 2 aromatic rings. The molecule has 2 unspecified atom stereocenters. The maximum atomic E-state index is 9.16. The van der Waals surface area contributed by atoms with Crippen LogP contribution in [0.2, 0.25) is 5.15 Å². The Morgan fingerprint density at radius 1 is 1.33 bits per heavy atom. The highest BCUT2D eigenvalue weighted by Crippen LogP contribution is 2.22. The standard InChI is InChI=1S/C15H23ClN4O/c1-9(2)20-15-13(7-18-20)5-12(14(16)19-15)6-17-11(4)10(3)8-21/h5,7,9-11,17,21H,6,8H2,1-4H3. The molecule has 0 aliphatic rings. The fraction of sp³-hybridized carbons (Fsp3) is 0.600. The summed E-state index contributed by atoms with van der Waals surface area (Å²) in [6.45, 7) is 8.98. The Kier molecular flexibility index (Phi) is 5.19. The van der Waals surface area contributed by atoms with Crippen LogP contribution in [-0.2, 0) is 6.54 Å². The van der Waals surface area contributed by atoms with Crippen molar-refractivity contribution in [1.29, 1.82) is 0 Å². The van der Waals surface area contributed by atoms with E-state index in [9.17, 15) is 0 Å². The smallest absolute Gasteiger partial charge is 0.159 e. The number of hydrogen-bond acceptors (Lipinski definition) is 4. The average Bonchev–Trinajstić information content (AvgIpc) is 2.86. The summed E-state index contributed by atoms with van der Waals surface area (Å²) in [5, 5.41) is 18.4. The van der Waals surface area contributed by atoms with Gasteiger partial charge >= 0.3 is 0 Å². The maximum absolute atomic E-state index is 9.16. The molecule has 0 aliphatic carbocycles. The number of rotatable bonds is 6. The molecule has 116 valence electrons. The first-order valence-electron chi connectivity index (χ1n) is 7.31. The van der Waals surface area contributed by atoms with Crippen LogP contribution < -0.4 is 5.32 Å². The van der Waals surface area contributed by atoms with Crippen molar-refractivity contribution in [3.05, 3.63) is 23.0 Å². The summed E-state index contributed by atoms with van der Waals surface area (Å²) >= 11 is 6.29. The summed E-state index contributed by atoms with van der Waals surface area (Å²) in [7, 11) is 0. The van der Waals surface area contributed by atoms with Crippen molar-refractivity contribution in [2.75, 3.05) is 6.61 Å². The Labute approximate surface area is 130 Å². The molecule has 2 rings (SSSR count). The summed E-state index contributed by atoms with van der Waals surface area (Å²) in [6.07, 6.45) is 1.82. The van der Waals surface area contributed by atoms with Gasteiger partial charge in [-0.3, -0.25) is 0 Å². The van der Waals surface area contributed by atoms with Gasteiger partial charge in [-0.15, -0.1) is 0 Å². The lowest BCUT2D eigenvalue weighted by atomic mass is 10.0. The van der Waals surface area contributed by atoms with Crippen molar-refractivity contribution in [1.82, 2.24) is 20.1 Å². The molecule has 0 amide bonds. The molecular formula is C15H23ClN4O. The van der Waals surface area contributed by atoms with Crippen LogP contribution in [0.5, 0.6) is 0 Å². The highest BCUT2D eigenvalue weighted by Gasteiger charge is 2.14. The Morgan fingerprint density at radius 3 is 2.67 bits per heavy atom. The number of nitrogens with one attached hydrogen (secondary N) is 1. The SMILES string of the molecule is CC(CO)C(C)NCc1cc2cnn(C(C)C)c2nc1Cl. The predicted molar refractivity (Wildman–Crippen MR) is 85.5 cm³/mol. The average molecular weight is 311 g/mol. The largest absolute Gasteiger partial charge is 0.396 e. The first-order valence-corrected chi connectivity index (χ1v) is 7.68. The Morgan fingerprint density at radius 2 is 2.05 bits per heavy atom. The molecule has 2 heterocycles. The summed E-state index contributed by atoms with van der Waals surface area (Å²) in [4.78, 5) is 4.48. The number of nitrogens with zero attached hydrogens (tertiary/aromatic N) is 3. The zero-order valence-corrected chi connectivity index (χ0v) is 13.7. The van der Waals surface area contributed by atoms with E-state index in [-0.39, 0.29) is 24.6 Å². The van der Waals surface area contributed by atoms with Crippen LogP contribution in [0.3, 0.4) is 0 Å². The molecule has 2 aromatic heterocycles. The lowest BCUT2D eigenvalue weighted by molar-refractivity contribution is 0.207. The number of hydrogen-bond donors (Lipinski definition) is 2. The van der Waals surface area contributed by atoms with Gasteiger partial charge in [-0.05, 0) is 32.8 Å². The number of halogens is 1. The van der Waals surface area contributed by atoms with Gasteiger partial charge in [0.2, 0.25) is 0 Å². The van der Waals surface area contributed by atoms with Crippen molar-refractivity contribution >= 4 is 22.6 Å². The molecule has 2 atom stereocenters. The van der Waals surface area contributed by atoms with E-state index in [1.807, 2.05) is 23.9 Å². The molecule has 21 heavy (non-hydrogen) atoms. The predicted octanol–water partition coefficient (Wildman–Crippen LogP) is 2.77. The minimum atomic E-state index is 0.167. The van der Waals surface area contributed by atoms with Crippen LogP contribution >= 0.6 is 11.6 Å². The van der Waals surface area contributed by atoms with Gasteiger partial charge in [-0.2, -0.15) is 5.10 Å². The van der Waals surface area contributed by atoms with Gasteiger partial charge in [0.25, 0.3) is 0 Å². The number of pyridine rings is 1. The van der Waals surface area contributed by atoms with Gasteiger partial charge < -0.3 is 10.4 Å². The van der Waals surface area contributed by atoms with Gasteiger partial charge in [-0.25, -0.2) is 9.67 Å². The van der Waals surface area contributed by atoms with Gasteiger partial charge in [0, 0.05) is 36.2 Å². The first-order chi connectivity index (χ1) is 9.93. The molecular weight excluding hydrogens is 288 g/mol. The summed E-state index contributed by atoms with van der Waals surface area (Å²) in [5.41, 5.74) is 1.76. The normalized spacial score (nSPS) is 14.8. The third kappa shape index (κ3) is 3.54. The van der Waals surface area contributed by atoms with Crippen molar-refractivity contribution in [2.45, 2.75) is 46.3 Å². The number of aromatic nitrogens is 3. The van der Waals surface area contributed by atoms with E-state index < -0.39 is 0 Å². The molecule has 0 aromatic carbocycles. The molecule has 0 fully saturated rings. The minimum absolute atomic E-state index is 0.167. The van der Waals surface area contributed by atoms with Gasteiger partial charge in [0.1, 0.15) is 5.15 Å². The molecule has 0 saturated carbocycles. The fourth-order valence-electron chi connectivity index (χ4n) is 2.13. The van der Waals surface area contributed by atoms with E-state index in [1.54, 1.807) is 0 Å². The monoisotopic (exact) mass is 310 g/mol. The first kappa shape index (κ1) is 16.2. The van der Waals surface area contributed by atoms with E-state index in [2.05, 4.69) is 36.2 Å². The molecule has 0 aliphatic heterocycles. The second-order valence-electron chi connectivity index (χ2n) is 5.86. The Hall–Kier alpha value is -1.17. The van der Waals surface area contributed by atoms with E-state index in [4.69, 9.17) is 16.7 Å². The second kappa shape index (κ2) is 6.73. The van der Waals surface area contributed by atoms with Crippen molar-refractivity contribution in [2.24, 2.45) is 5.92 Å². The Balaban J connectivity index is 2.20. The van der Waals surface area contributed by atoms with Gasteiger partial charge in [0.05, 0.1) is 6.20 Å². The quantitative estimate of drug-likeness (QED) is 0.805. The van der Waals surface area contributed by atoms with Crippen molar-refractivity contribution in [3.8, 4) is 0 Å². The zero-order chi connectivity index (χ0) is 15.6. The van der Waals surface area contributed by atoms with Crippen LogP contribution in [0.25, 0.3) is 11.0 Å². The van der Waals surface area contributed by atoms with Crippen molar-refractivity contribution < 1.29 is 5.11 Å². The second-order valence-corrected chi connectivity index (χ2v) is 6.22. The van der Waals surface area contributed by atoms with E-state index in [1.165, 1.54) is 0 Å². The fourth-order valence-corrected chi connectivity index (χ4v) is 2.33. The van der Waals surface area contributed by atoms with Crippen LogP contribution in [0, 0.1) is 5.92 Å². The van der Waals surface area contributed by atoms with E-state index >= 15 is 0 Å². The van der Waals surface area contributed by atoms with E-state index in [0.29, 0.717) is 11.7 Å². The summed E-state index contributed by atoms with van der Waals surface area (Å²) < 4.78 is 1.87. The molecule has 0 spiro atoms. The van der Waals surface area contributed by atoms with Crippen LogP contribution in [-0.4, -0.2) is 32.5 Å². The minimum Gasteiger partial charge on any atom is -0.396 e. The molecule has 0 bridgehead atoms. The molecule has 6 heteroatoms. The third-order valence-corrected chi connectivity index (χ3v) is 4.17.